The van der Waals surface area contributed by atoms with E-state index >= 15 is 0 Å². The fraction of sp³-hybridized carbons (Fsp3) is 0.500. The number of hydrogen-bond acceptors (Lipinski definition) is 6. The number of aliphatic hydroxyl groups is 1. The van der Waals surface area contributed by atoms with Crippen molar-refractivity contribution >= 4 is 33.2 Å². The van der Waals surface area contributed by atoms with Crippen LogP contribution in [0.25, 0.3) is 0 Å². The maximum absolute atomic E-state index is 13.4. The molecule has 3 aliphatic rings. The van der Waals surface area contributed by atoms with Crippen molar-refractivity contribution in [3.05, 3.63) is 83.4 Å². The molecule has 1 aliphatic heterocycles. The van der Waals surface area contributed by atoms with Crippen molar-refractivity contribution in [3.63, 3.8) is 0 Å². The van der Waals surface area contributed by atoms with E-state index < -0.39 is 26.8 Å². The van der Waals surface area contributed by atoms with E-state index in [-0.39, 0.29) is 29.2 Å². The number of nitrogens with one attached hydrogen (secondary N) is 1. The highest BCUT2D eigenvalue weighted by molar-refractivity contribution is 7.91. The van der Waals surface area contributed by atoms with Gasteiger partial charge in [0.15, 0.2) is 0 Å². The minimum absolute atomic E-state index is 0.169. The van der Waals surface area contributed by atoms with E-state index in [9.17, 15) is 18.3 Å². The van der Waals surface area contributed by atoms with Crippen molar-refractivity contribution in [2.24, 2.45) is 11.8 Å². The number of aryl methyl sites for hydroxylation is 1. The highest BCUT2D eigenvalue weighted by Crippen LogP contribution is 2.46. The summed E-state index contributed by atoms with van der Waals surface area (Å²) in [7, 11) is -3.97. The summed E-state index contributed by atoms with van der Waals surface area (Å²) in [5.41, 5.74) is 3.21. The van der Waals surface area contributed by atoms with Crippen molar-refractivity contribution < 1.29 is 23.1 Å². The molecule has 1 amide bonds. The van der Waals surface area contributed by atoms with E-state index in [0.29, 0.717) is 31.9 Å². The molecule has 9 heteroatoms. The lowest BCUT2D eigenvalue weighted by molar-refractivity contribution is 0.0178. The topological polar surface area (TPSA) is 95.9 Å². The number of ether oxygens (including phenoxy) is 1. The van der Waals surface area contributed by atoms with Crippen LogP contribution in [-0.2, 0) is 21.9 Å². The van der Waals surface area contributed by atoms with E-state index in [4.69, 9.17) is 16.3 Å². The molecule has 4 atom stereocenters. The summed E-state index contributed by atoms with van der Waals surface area (Å²) in [4.78, 5) is 15.7. The molecule has 0 radical (unpaired) electrons. The minimum Gasteiger partial charge on any atom is -0.490 e. The van der Waals surface area contributed by atoms with Gasteiger partial charge in [0.2, 0.25) is 10.0 Å². The lowest BCUT2D eigenvalue weighted by atomic mass is 9.68. The first-order valence-electron chi connectivity index (χ1n) is 15.2. The minimum atomic E-state index is -3.97. The standard InChI is InChI=1S/C34H43ClN2O5S/c1-5-8-30(38)27-13-10-25(27)20-37-21-34(17-7-9-23-18-26(35)12-14-28(23)34)22-42-31-15-11-24(19-29(31)37)32(39)36-43(40,41)33(3,4)16-6-2/h5-6,11-12,14-15,18-19,25,27,30,38H,1-2,7-10,13,16-17,20-22H2,3-4H3,(H,36,39)/t25-,27+,30-,34-/m0/s1. The Morgan fingerprint density at radius 2 is 2.02 bits per heavy atom. The summed E-state index contributed by atoms with van der Waals surface area (Å²) in [5.74, 6) is 0.415. The molecule has 1 heterocycles. The van der Waals surface area contributed by atoms with Crippen LogP contribution in [0.5, 0.6) is 5.75 Å². The van der Waals surface area contributed by atoms with Crippen LogP contribution in [0.15, 0.2) is 61.7 Å². The molecule has 0 unspecified atom stereocenters. The van der Waals surface area contributed by atoms with E-state index in [2.05, 4.69) is 34.9 Å². The number of allylic oxidation sites excluding steroid dienone is 1. The molecule has 5 rings (SSSR count). The Bertz CT molecular complexity index is 1510. The Morgan fingerprint density at radius 3 is 2.72 bits per heavy atom. The number of anilines is 1. The van der Waals surface area contributed by atoms with Crippen LogP contribution in [0.3, 0.4) is 0 Å². The Balaban J connectivity index is 1.50. The fourth-order valence-corrected chi connectivity index (χ4v) is 8.16. The summed E-state index contributed by atoms with van der Waals surface area (Å²) in [6, 6.07) is 11.3. The first kappa shape index (κ1) is 31.6. The van der Waals surface area contributed by atoms with Crippen molar-refractivity contribution in [3.8, 4) is 5.75 Å². The van der Waals surface area contributed by atoms with E-state index in [0.717, 1.165) is 42.8 Å². The van der Waals surface area contributed by atoms with Gasteiger partial charge in [-0.3, -0.25) is 4.79 Å². The normalized spacial score (nSPS) is 24.0. The van der Waals surface area contributed by atoms with Crippen molar-refractivity contribution in [1.82, 2.24) is 4.72 Å². The molecule has 232 valence electrons. The number of halogens is 1. The molecular formula is C34H43ClN2O5S. The lowest BCUT2D eigenvalue weighted by Gasteiger charge is -2.45. The van der Waals surface area contributed by atoms with Gasteiger partial charge in [-0.05, 0) is 112 Å². The number of hydrogen-bond donors (Lipinski definition) is 2. The molecule has 2 aliphatic carbocycles. The van der Waals surface area contributed by atoms with Gasteiger partial charge in [0, 0.05) is 29.1 Å². The van der Waals surface area contributed by atoms with Crippen LogP contribution in [0, 0.1) is 11.8 Å². The van der Waals surface area contributed by atoms with Crippen LogP contribution in [0.1, 0.15) is 73.9 Å². The number of nitrogens with zero attached hydrogens (tertiary/aromatic N) is 1. The quantitative estimate of drug-likeness (QED) is 0.305. The van der Waals surface area contributed by atoms with E-state index in [1.54, 1.807) is 38.1 Å². The molecule has 43 heavy (non-hydrogen) atoms. The SMILES string of the molecule is C=CC[C@H](O)[C@@H]1CC[C@H]1CN1C[C@@]2(CCCc3cc(Cl)ccc32)COc2ccc(C(=O)NS(=O)(=O)C(C)(C)CC=C)cc21. The van der Waals surface area contributed by atoms with E-state index in [1.807, 2.05) is 6.07 Å². The smallest absolute Gasteiger partial charge is 0.264 e. The third-order valence-electron chi connectivity index (χ3n) is 9.72. The van der Waals surface area contributed by atoms with Crippen LogP contribution in [-0.4, -0.2) is 50.0 Å². The zero-order valence-electron chi connectivity index (χ0n) is 25.1. The molecule has 2 N–H and O–H groups in total. The number of fused-ring (bicyclic) bond motifs is 3. The molecule has 1 fully saturated rings. The Labute approximate surface area is 261 Å². The molecule has 0 bridgehead atoms. The van der Waals surface area contributed by atoms with E-state index in [1.165, 1.54) is 17.2 Å². The van der Waals surface area contributed by atoms with Crippen LogP contribution in [0.2, 0.25) is 5.02 Å². The average Bonchev–Trinajstić information content (AvgIpc) is 3.07. The molecule has 1 spiro atoms. The van der Waals surface area contributed by atoms with Gasteiger partial charge in [-0.15, -0.1) is 13.2 Å². The third kappa shape index (κ3) is 6.24. The maximum Gasteiger partial charge on any atom is 0.264 e. The number of sulfonamides is 1. The summed E-state index contributed by atoms with van der Waals surface area (Å²) in [5, 5.41) is 11.5. The zero-order chi connectivity index (χ0) is 31.0. The molecule has 2 aromatic rings. The second-order valence-electron chi connectivity index (χ2n) is 13.1. The number of aliphatic hydroxyl groups excluding tert-OH is 1. The first-order valence-corrected chi connectivity index (χ1v) is 17.0. The number of rotatable bonds is 10. The van der Waals surface area contributed by atoms with Crippen LogP contribution >= 0.6 is 11.6 Å². The molecule has 0 aromatic heterocycles. The third-order valence-corrected chi connectivity index (χ3v) is 12.0. The highest BCUT2D eigenvalue weighted by atomic mass is 35.5. The second-order valence-corrected chi connectivity index (χ2v) is 15.8. The largest absolute Gasteiger partial charge is 0.490 e. The second kappa shape index (κ2) is 12.3. The molecule has 0 saturated heterocycles. The highest BCUT2D eigenvalue weighted by Gasteiger charge is 2.44. The van der Waals surface area contributed by atoms with Gasteiger partial charge >= 0.3 is 0 Å². The number of carbonyl (C=O) groups is 1. The van der Waals surface area contributed by atoms with Crippen molar-refractivity contribution in [2.75, 3.05) is 24.6 Å². The van der Waals surface area contributed by atoms with Gasteiger partial charge in [0.25, 0.3) is 5.91 Å². The zero-order valence-corrected chi connectivity index (χ0v) is 26.7. The predicted molar refractivity (Wildman–Crippen MR) is 173 cm³/mol. The number of benzene rings is 2. The number of carbonyl (C=O) groups excluding carboxylic acids is 1. The van der Waals surface area contributed by atoms with Gasteiger partial charge in [0.1, 0.15) is 5.75 Å². The van der Waals surface area contributed by atoms with Gasteiger partial charge in [0.05, 0.1) is 23.1 Å². The summed E-state index contributed by atoms with van der Waals surface area (Å²) in [6.45, 7) is 12.4. The monoisotopic (exact) mass is 626 g/mol. The predicted octanol–water partition coefficient (Wildman–Crippen LogP) is 6.19. The van der Waals surface area contributed by atoms with Gasteiger partial charge in [-0.1, -0.05) is 29.8 Å². The average molecular weight is 627 g/mol. The van der Waals surface area contributed by atoms with Crippen LogP contribution in [0.4, 0.5) is 5.69 Å². The molecule has 1 saturated carbocycles. The Morgan fingerprint density at radius 1 is 1.23 bits per heavy atom. The van der Waals surface area contributed by atoms with Gasteiger partial charge in [-0.25, -0.2) is 13.1 Å². The van der Waals surface area contributed by atoms with Crippen molar-refractivity contribution in [2.45, 2.75) is 75.1 Å². The molecule has 7 nitrogen and oxygen atoms in total. The Hall–Kier alpha value is -2.81. The summed E-state index contributed by atoms with van der Waals surface area (Å²) >= 11 is 6.39. The van der Waals surface area contributed by atoms with Crippen molar-refractivity contribution in [1.29, 1.82) is 0 Å². The summed E-state index contributed by atoms with van der Waals surface area (Å²) in [6.07, 6.45) is 8.51. The van der Waals surface area contributed by atoms with Crippen LogP contribution < -0.4 is 14.4 Å². The van der Waals surface area contributed by atoms with Gasteiger partial charge in [-0.2, -0.15) is 0 Å². The number of amides is 1. The first-order chi connectivity index (χ1) is 20.4. The maximum atomic E-state index is 13.4. The fourth-order valence-electron chi connectivity index (χ4n) is 6.99. The van der Waals surface area contributed by atoms with Gasteiger partial charge < -0.3 is 14.7 Å². The molecule has 2 aromatic carbocycles. The molecular weight excluding hydrogens is 584 g/mol. The summed E-state index contributed by atoms with van der Waals surface area (Å²) < 4.78 is 33.7. The lowest BCUT2D eigenvalue weighted by Crippen LogP contribution is -2.49. The Kier molecular flexibility index (Phi) is 9.04.